The molecule has 0 saturated heterocycles. The van der Waals surface area contributed by atoms with E-state index in [1.807, 2.05) is 19.9 Å². The molecule has 0 fully saturated rings. The number of rotatable bonds is 6. The minimum absolute atomic E-state index is 0.150. The second-order valence-corrected chi connectivity index (χ2v) is 7.02. The number of benzene rings is 1. The molecule has 1 aromatic heterocycles. The van der Waals surface area contributed by atoms with Crippen LogP contribution in [-0.4, -0.2) is 29.6 Å². The van der Waals surface area contributed by atoms with Gasteiger partial charge in [0.2, 0.25) is 0 Å². The summed E-state index contributed by atoms with van der Waals surface area (Å²) in [5.41, 5.74) is 4.80. The van der Waals surface area contributed by atoms with Crippen molar-refractivity contribution in [3.63, 3.8) is 0 Å². The highest BCUT2D eigenvalue weighted by Crippen LogP contribution is 2.23. The lowest BCUT2D eigenvalue weighted by atomic mass is 10.0. The quantitative estimate of drug-likeness (QED) is 0.799. The van der Waals surface area contributed by atoms with Gasteiger partial charge in [0.25, 0.3) is 5.91 Å². The number of aromatic nitrogens is 1. The highest BCUT2D eigenvalue weighted by molar-refractivity contribution is 5.96. The molecule has 1 unspecified atom stereocenters. The molecule has 0 aliphatic rings. The molecule has 2 rings (SSSR count). The maximum Gasteiger partial charge on any atom is 0.307 e. The Hall–Kier alpha value is -2.56. The van der Waals surface area contributed by atoms with Crippen LogP contribution in [0.4, 0.5) is 0 Å². The molecule has 1 heterocycles. The first-order chi connectivity index (χ1) is 12.2. The summed E-state index contributed by atoms with van der Waals surface area (Å²) in [5.74, 6) is -0.0402. The molecule has 2 aromatic rings. The van der Waals surface area contributed by atoms with Gasteiger partial charge in [-0.2, -0.15) is 0 Å². The van der Waals surface area contributed by atoms with E-state index in [1.54, 1.807) is 6.92 Å². The van der Waals surface area contributed by atoms with Gasteiger partial charge in [0.1, 0.15) is 0 Å². The number of methoxy groups -OCH3 is 1. The fraction of sp³-hybridized carbons (Fsp3) is 0.429. The third kappa shape index (κ3) is 4.34. The molecule has 1 amide bonds. The van der Waals surface area contributed by atoms with Crippen LogP contribution in [0.25, 0.3) is 5.69 Å². The molecule has 26 heavy (non-hydrogen) atoms. The molecular weight excluding hydrogens is 328 g/mol. The van der Waals surface area contributed by atoms with E-state index >= 15 is 0 Å². The van der Waals surface area contributed by atoms with Gasteiger partial charge in [-0.05, 0) is 50.5 Å². The summed E-state index contributed by atoms with van der Waals surface area (Å²) in [7, 11) is 1.34. The smallest absolute Gasteiger partial charge is 0.307 e. The average molecular weight is 356 g/mol. The molecule has 140 valence electrons. The highest BCUT2D eigenvalue weighted by atomic mass is 16.5. The van der Waals surface area contributed by atoms with Gasteiger partial charge in [-0.15, -0.1) is 0 Å². The molecule has 0 aliphatic heterocycles. The number of hydrogen-bond acceptors (Lipinski definition) is 3. The van der Waals surface area contributed by atoms with Crippen molar-refractivity contribution in [1.29, 1.82) is 0 Å². The van der Waals surface area contributed by atoms with E-state index in [1.165, 1.54) is 12.7 Å². The average Bonchev–Trinajstić information content (AvgIpc) is 2.89. The molecule has 1 atom stereocenters. The number of nitrogens with one attached hydrogen (secondary N) is 1. The van der Waals surface area contributed by atoms with Crippen molar-refractivity contribution in [3.8, 4) is 5.69 Å². The first kappa shape index (κ1) is 19.8. The number of esters is 1. The second kappa shape index (κ2) is 8.21. The largest absolute Gasteiger partial charge is 0.469 e. The van der Waals surface area contributed by atoms with E-state index in [2.05, 4.69) is 52.7 Å². The van der Waals surface area contributed by atoms with Crippen LogP contribution in [0, 0.1) is 13.8 Å². The number of nitrogens with zero attached hydrogens (tertiary/aromatic N) is 1. The van der Waals surface area contributed by atoms with Crippen LogP contribution in [0.15, 0.2) is 30.3 Å². The van der Waals surface area contributed by atoms with E-state index in [0.29, 0.717) is 11.5 Å². The Labute approximate surface area is 155 Å². The maximum absolute atomic E-state index is 12.6. The van der Waals surface area contributed by atoms with Crippen LogP contribution in [0.2, 0.25) is 0 Å². The number of ether oxygens (including phenoxy) is 1. The summed E-state index contributed by atoms with van der Waals surface area (Å²) < 4.78 is 6.72. The summed E-state index contributed by atoms with van der Waals surface area (Å²) in [6, 6.07) is 10.00. The lowest BCUT2D eigenvalue weighted by Gasteiger charge is -2.14. The number of hydrogen-bond donors (Lipinski definition) is 1. The number of aryl methyl sites for hydroxylation is 1. The van der Waals surface area contributed by atoms with Crippen LogP contribution in [0.5, 0.6) is 0 Å². The lowest BCUT2D eigenvalue weighted by molar-refractivity contribution is -0.141. The predicted octanol–water partition coefficient (Wildman–Crippen LogP) is 3.90. The van der Waals surface area contributed by atoms with Gasteiger partial charge in [0, 0.05) is 23.1 Å². The standard InChI is InChI=1S/C21H28N2O3/c1-13(2)17-7-9-18(10-8-17)23-15(4)12-19(16(23)5)21(25)22-14(3)11-20(24)26-6/h7-10,12-14H,11H2,1-6H3,(H,22,25). The van der Waals surface area contributed by atoms with Crippen molar-refractivity contribution < 1.29 is 14.3 Å². The predicted molar refractivity (Wildman–Crippen MR) is 103 cm³/mol. The Bertz CT molecular complexity index is 788. The summed E-state index contributed by atoms with van der Waals surface area (Å²) in [6.45, 7) is 10.0. The van der Waals surface area contributed by atoms with E-state index in [9.17, 15) is 9.59 Å². The van der Waals surface area contributed by atoms with Crippen LogP contribution >= 0.6 is 0 Å². The van der Waals surface area contributed by atoms with Crippen molar-refractivity contribution >= 4 is 11.9 Å². The molecule has 0 saturated carbocycles. The first-order valence-corrected chi connectivity index (χ1v) is 8.91. The van der Waals surface area contributed by atoms with E-state index in [0.717, 1.165) is 17.1 Å². The minimum atomic E-state index is -0.339. The number of amides is 1. The number of carbonyl (C=O) groups is 2. The Morgan fingerprint density at radius 1 is 1.12 bits per heavy atom. The van der Waals surface area contributed by atoms with Gasteiger partial charge in [-0.25, -0.2) is 0 Å². The molecule has 0 aliphatic carbocycles. The van der Waals surface area contributed by atoms with Crippen LogP contribution < -0.4 is 5.32 Å². The molecule has 1 aromatic carbocycles. The third-order valence-corrected chi connectivity index (χ3v) is 4.57. The van der Waals surface area contributed by atoms with Crippen molar-refractivity contribution in [2.75, 3.05) is 7.11 Å². The Kier molecular flexibility index (Phi) is 6.24. The molecule has 0 radical (unpaired) electrons. The monoisotopic (exact) mass is 356 g/mol. The Morgan fingerprint density at radius 3 is 2.27 bits per heavy atom. The molecule has 0 bridgehead atoms. The zero-order valence-electron chi connectivity index (χ0n) is 16.4. The van der Waals surface area contributed by atoms with E-state index in [4.69, 9.17) is 0 Å². The highest BCUT2D eigenvalue weighted by Gasteiger charge is 2.19. The van der Waals surface area contributed by atoms with Crippen LogP contribution in [0.3, 0.4) is 0 Å². The van der Waals surface area contributed by atoms with Crippen molar-refractivity contribution in [2.24, 2.45) is 0 Å². The zero-order chi connectivity index (χ0) is 19.4. The van der Waals surface area contributed by atoms with E-state index < -0.39 is 0 Å². The normalized spacial score (nSPS) is 12.1. The fourth-order valence-electron chi connectivity index (χ4n) is 3.08. The summed E-state index contributed by atoms with van der Waals surface area (Å²) >= 11 is 0. The molecule has 5 heteroatoms. The van der Waals surface area contributed by atoms with Gasteiger partial charge in [0.15, 0.2) is 0 Å². The maximum atomic E-state index is 12.6. The Morgan fingerprint density at radius 2 is 1.73 bits per heavy atom. The van der Waals surface area contributed by atoms with Gasteiger partial charge in [-0.1, -0.05) is 26.0 Å². The molecule has 5 nitrogen and oxygen atoms in total. The number of carbonyl (C=O) groups excluding carboxylic acids is 2. The summed E-state index contributed by atoms with van der Waals surface area (Å²) in [5, 5.41) is 2.87. The first-order valence-electron chi connectivity index (χ1n) is 8.91. The summed E-state index contributed by atoms with van der Waals surface area (Å²) in [6.07, 6.45) is 0.150. The summed E-state index contributed by atoms with van der Waals surface area (Å²) in [4.78, 5) is 24.0. The minimum Gasteiger partial charge on any atom is -0.469 e. The zero-order valence-corrected chi connectivity index (χ0v) is 16.4. The SMILES string of the molecule is COC(=O)CC(C)NC(=O)c1cc(C)n(-c2ccc(C(C)C)cc2)c1C. The third-order valence-electron chi connectivity index (χ3n) is 4.57. The van der Waals surface area contributed by atoms with Gasteiger partial charge in [0.05, 0.1) is 19.1 Å². The van der Waals surface area contributed by atoms with Gasteiger partial charge < -0.3 is 14.6 Å². The topological polar surface area (TPSA) is 60.3 Å². The van der Waals surface area contributed by atoms with Gasteiger partial charge in [-0.3, -0.25) is 9.59 Å². The van der Waals surface area contributed by atoms with Crippen molar-refractivity contribution in [2.45, 2.75) is 53.0 Å². The fourth-order valence-corrected chi connectivity index (χ4v) is 3.08. The lowest BCUT2D eigenvalue weighted by Crippen LogP contribution is -2.34. The molecular formula is C21H28N2O3. The molecule has 1 N–H and O–H groups in total. The molecule has 0 spiro atoms. The van der Waals surface area contributed by atoms with Crippen LogP contribution in [0.1, 0.15) is 60.4 Å². The van der Waals surface area contributed by atoms with Crippen molar-refractivity contribution in [3.05, 3.63) is 52.8 Å². The van der Waals surface area contributed by atoms with E-state index in [-0.39, 0.29) is 24.3 Å². The van der Waals surface area contributed by atoms with Gasteiger partial charge >= 0.3 is 5.97 Å². The van der Waals surface area contributed by atoms with Crippen LogP contribution in [-0.2, 0) is 9.53 Å². The van der Waals surface area contributed by atoms with Crippen molar-refractivity contribution in [1.82, 2.24) is 9.88 Å². The Balaban J connectivity index is 2.24. The second-order valence-electron chi connectivity index (χ2n) is 7.02.